The average molecular weight is 739 g/mol. The van der Waals surface area contributed by atoms with Gasteiger partial charge in [-0.1, -0.05) is 97.1 Å². The number of fused-ring (bicyclic) bond motifs is 1. The molecule has 8 nitrogen and oxygen atoms in total. The summed E-state index contributed by atoms with van der Waals surface area (Å²) in [5.74, 6) is 0. The molecule has 0 bridgehead atoms. The van der Waals surface area contributed by atoms with Gasteiger partial charge in [0, 0.05) is 41.2 Å². The van der Waals surface area contributed by atoms with Crippen molar-refractivity contribution in [1.29, 1.82) is 0 Å². The van der Waals surface area contributed by atoms with Gasteiger partial charge in [-0.2, -0.15) is 9.90 Å². The fourth-order valence-corrected chi connectivity index (χ4v) is 6.97. The summed E-state index contributed by atoms with van der Waals surface area (Å²) in [5.41, 5.74) is 16.8. The normalized spacial score (nSPS) is 13.6. The molecule has 8 heteroatoms. The van der Waals surface area contributed by atoms with Gasteiger partial charge in [0.1, 0.15) is 16.7 Å². The van der Waals surface area contributed by atoms with Crippen molar-refractivity contribution in [1.82, 2.24) is 15.0 Å². The number of hydrogen-bond acceptors (Lipinski definition) is 7. The van der Waals surface area contributed by atoms with Crippen molar-refractivity contribution in [3.8, 4) is 16.8 Å². The van der Waals surface area contributed by atoms with E-state index >= 15 is 0 Å². The Morgan fingerprint density at radius 1 is 0.456 bits per heavy atom. The number of benzene rings is 7. The highest BCUT2D eigenvalue weighted by Crippen LogP contribution is 2.39. The lowest BCUT2D eigenvalue weighted by Crippen LogP contribution is -2.13. The number of rotatable bonds is 10. The molecule has 1 aliphatic carbocycles. The van der Waals surface area contributed by atoms with Gasteiger partial charge < -0.3 is 9.80 Å². The molecule has 0 fully saturated rings. The van der Waals surface area contributed by atoms with Gasteiger partial charge >= 0.3 is 0 Å². The van der Waals surface area contributed by atoms with Gasteiger partial charge in [0.05, 0.1) is 17.1 Å². The molecule has 0 aliphatic heterocycles. The summed E-state index contributed by atoms with van der Waals surface area (Å²) in [6.07, 6.45) is 7.83. The average Bonchev–Trinajstić information content (AvgIpc) is 3.72. The highest BCUT2D eigenvalue weighted by Gasteiger charge is 2.16. The second kappa shape index (κ2) is 15.9. The Morgan fingerprint density at radius 2 is 0.930 bits per heavy atom. The molecule has 0 unspecified atom stereocenters. The molecule has 7 aromatic carbocycles. The highest BCUT2D eigenvalue weighted by molar-refractivity contribution is 6.51. The Balaban J connectivity index is 1.000. The van der Waals surface area contributed by atoms with Crippen LogP contribution in [0.1, 0.15) is 0 Å². The monoisotopic (exact) mass is 738 g/mol. The molecule has 0 radical (unpaired) electrons. The van der Waals surface area contributed by atoms with Crippen LogP contribution in [0.2, 0.25) is 0 Å². The number of hydrazone groups is 1. The predicted octanol–water partition coefficient (Wildman–Crippen LogP) is 12.0. The summed E-state index contributed by atoms with van der Waals surface area (Å²) in [5, 5.41) is 14.1. The number of aliphatic imine (C=N–C) groups is 1. The lowest BCUT2D eigenvalue weighted by atomic mass is 10.0. The van der Waals surface area contributed by atoms with E-state index in [0.717, 1.165) is 79.1 Å². The first-order valence-electron chi connectivity index (χ1n) is 18.8. The zero-order valence-electron chi connectivity index (χ0n) is 31.3. The fourth-order valence-electron chi connectivity index (χ4n) is 6.97. The number of para-hydroxylation sites is 2. The third-order valence-electron chi connectivity index (χ3n) is 9.75. The van der Waals surface area contributed by atoms with Gasteiger partial charge in [-0.25, -0.2) is 0 Å². The van der Waals surface area contributed by atoms with Gasteiger partial charge in [0.15, 0.2) is 0 Å². The first-order valence-corrected chi connectivity index (χ1v) is 18.8. The van der Waals surface area contributed by atoms with E-state index < -0.39 is 0 Å². The number of anilines is 7. The summed E-state index contributed by atoms with van der Waals surface area (Å²) in [6.45, 7) is 0. The van der Waals surface area contributed by atoms with Gasteiger partial charge in [-0.15, -0.1) is 10.2 Å². The van der Waals surface area contributed by atoms with Gasteiger partial charge in [0.2, 0.25) is 0 Å². The SMILES string of the molecule is CN=C1C=CC=C/C1=N/Nc1cccc(N(c2ccccc2)c2ccc(-c3ccc(N(c4ccccc4)c4cccc(-n5nc6ccccc6n5)c4)cc3)cc2)c1. The Morgan fingerprint density at radius 3 is 1.49 bits per heavy atom. The Hall–Kier alpha value is -7.84. The second-order valence-electron chi connectivity index (χ2n) is 13.4. The van der Waals surface area contributed by atoms with Crippen LogP contribution in [-0.4, -0.2) is 33.5 Å². The van der Waals surface area contributed by atoms with Crippen LogP contribution in [0.25, 0.3) is 27.8 Å². The number of nitrogens with zero attached hydrogens (tertiary/aromatic N) is 7. The van der Waals surface area contributed by atoms with Crippen molar-refractivity contribution >= 4 is 62.3 Å². The molecule has 0 spiro atoms. The molecule has 1 aromatic heterocycles. The van der Waals surface area contributed by atoms with Crippen molar-refractivity contribution in [3.63, 3.8) is 0 Å². The largest absolute Gasteiger partial charge is 0.310 e. The molecule has 1 aliphatic rings. The highest BCUT2D eigenvalue weighted by atomic mass is 15.5. The zero-order valence-corrected chi connectivity index (χ0v) is 31.3. The fraction of sp³-hybridized carbons (Fsp3) is 0.0204. The summed E-state index contributed by atoms with van der Waals surface area (Å²) in [7, 11) is 1.77. The van der Waals surface area contributed by atoms with Crippen molar-refractivity contribution in [2.24, 2.45) is 10.1 Å². The van der Waals surface area contributed by atoms with Crippen molar-refractivity contribution in [2.75, 3.05) is 22.3 Å². The summed E-state index contributed by atoms with van der Waals surface area (Å²) in [4.78, 5) is 10.6. The number of aromatic nitrogens is 3. The third-order valence-corrected chi connectivity index (χ3v) is 9.75. The lowest BCUT2D eigenvalue weighted by Gasteiger charge is -2.26. The van der Waals surface area contributed by atoms with Crippen LogP contribution in [0.5, 0.6) is 0 Å². The van der Waals surface area contributed by atoms with Crippen LogP contribution in [0.3, 0.4) is 0 Å². The van der Waals surface area contributed by atoms with Crippen LogP contribution in [0.4, 0.5) is 39.8 Å². The number of allylic oxidation sites excluding steroid dienone is 4. The van der Waals surface area contributed by atoms with Crippen LogP contribution >= 0.6 is 0 Å². The molecular weight excluding hydrogens is 701 g/mol. The van der Waals surface area contributed by atoms with E-state index in [-0.39, 0.29) is 0 Å². The molecule has 0 saturated carbocycles. The van der Waals surface area contributed by atoms with E-state index in [1.54, 1.807) is 11.8 Å². The van der Waals surface area contributed by atoms with Crippen molar-refractivity contribution in [2.45, 2.75) is 0 Å². The van der Waals surface area contributed by atoms with E-state index in [2.05, 4.69) is 153 Å². The minimum atomic E-state index is 0.785. The Bertz CT molecular complexity index is 2730. The smallest absolute Gasteiger partial charge is 0.113 e. The molecule has 0 amide bonds. The predicted molar refractivity (Wildman–Crippen MR) is 236 cm³/mol. The van der Waals surface area contributed by atoms with Gasteiger partial charge in [0.25, 0.3) is 0 Å². The Kier molecular flexibility index (Phi) is 9.71. The zero-order chi connectivity index (χ0) is 38.4. The topological polar surface area (TPSA) is 73.9 Å². The minimum absolute atomic E-state index is 0.785. The first-order chi connectivity index (χ1) is 28.2. The maximum absolute atomic E-state index is 4.73. The molecule has 274 valence electrons. The van der Waals surface area contributed by atoms with E-state index in [0.29, 0.717) is 0 Å². The molecule has 1 N–H and O–H groups in total. The third kappa shape index (κ3) is 7.48. The van der Waals surface area contributed by atoms with Crippen molar-refractivity contribution < 1.29 is 0 Å². The summed E-state index contributed by atoms with van der Waals surface area (Å²) >= 11 is 0. The lowest BCUT2D eigenvalue weighted by molar-refractivity contribution is 0.765. The molecule has 1 heterocycles. The summed E-state index contributed by atoms with van der Waals surface area (Å²) < 4.78 is 0. The van der Waals surface area contributed by atoms with E-state index in [1.807, 2.05) is 78.9 Å². The maximum Gasteiger partial charge on any atom is 0.113 e. The van der Waals surface area contributed by atoms with Gasteiger partial charge in [-0.3, -0.25) is 10.4 Å². The summed E-state index contributed by atoms with van der Waals surface area (Å²) in [6, 6.07) is 62.8. The van der Waals surface area contributed by atoms with E-state index in [1.165, 1.54) is 0 Å². The molecular formula is C49H38N8. The van der Waals surface area contributed by atoms with Crippen molar-refractivity contribution in [3.05, 3.63) is 206 Å². The molecule has 8 aromatic rings. The molecule has 0 saturated heterocycles. The van der Waals surface area contributed by atoms with Gasteiger partial charge in [-0.05, 0) is 120 Å². The number of nitrogens with one attached hydrogen (secondary N) is 1. The molecule has 57 heavy (non-hydrogen) atoms. The number of hydrogen-bond donors (Lipinski definition) is 1. The second-order valence-corrected chi connectivity index (χ2v) is 13.4. The van der Waals surface area contributed by atoms with E-state index in [9.17, 15) is 0 Å². The first kappa shape index (κ1) is 34.9. The Labute approximate surface area is 331 Å². The molecule has 0 atom stereocenters. The maximum atomic E-state index is 4.73. The minimum Gasteiger partial charge on any atom is -0.310 e. The van der Waals surface area contributed by atoms with Crippen LogP contribution in [0, 0.1) is 0 Å². The van der Waals surface area contributed by atoms with Crippen LogP contribution in [-0.2, 0) is 0 Å². The standard InChI is InChI=1S/C49H38N8/c1-50-46-22-8-9-23-47(46)52-51-38-14-12-19-43(34-38)55(39-15-4-2-5-16-39)41-30-26-36(27-31-41)37-28-32-42(33-29-37)56(40-17-6-3-7-18-40)44-20-13-21-45(35-44)57-53-48-24-10-11-25-49(48)54-57/h2-35,51H,1H3/b50-46?,52-47-. The van der Waals surface area contributed by atoms with Crippen LogP contribution in [0.15, 0.2) is 216 Å². The molecule has 9 rings (SSSR count). The quantitative estimate of drug-likeness (QED) is 0.112. The van der Waals surface area contributed by atoms with E-state index in [4.69, 9.17) is 10.2 Å². The van der Waals surface area contributed by atoms with Crippen LogP contribution < -0.4 is 15.2 Å².